The summed E-state index contributed by atoms with van der Waals surface area (Å²) in [4.78, 5) is 42.9. The smallest absolute Gasteiger partial charge is 0.462 e. The van der Waals surface area contributed by atoms with Crippen molar-refractivity contribution >= 4 is 19.8 Å². The van der Waals surface area contributed by atoms with Crippen LogP contribution in [0.3, 0.4) is 0 Å². The summed E-state index contributed by atoms with van der Waals surface area (Å²) in [7, 11) is -4.81. The van der Waals surface area contributed by atoms with Gasteiger partial charge in [0.25, 0.3) is 0 Å². The van der Waals surface area contributed by atoms with E-state index in [9.17, 15) is 19.3 Å². The van der Waals surface area contributed by atoms with Gasteiger partial charge in [0.05, 0.1) is 12.7 Å². The lowest BCUT2D eigenvalue weighted by atomic mass is 10.0. The minimum atomic E-state index is -4.81. The quantitative estimate of drug-likeness (QED) is 0.0181. The lowest BCUT2D eigenvalue weighted by molar-refractivity contribution is -0.161. The van der Waals surface area contributed by atoms with E-state index in [1.54, 1.807) is 24.3 Å². The van der Waals surface area contributed by atoms with E-state index in [4.69, 9.17) is 19.3 Å². The van der Waals surface area contributed by atoms with Crippen LogP contribution in [0.1, 0.15) is 187 Å². The minimum absolute atomic E-state index is 0.00407. The van der Waals surface area contributed by atoms with Crippen molar-refractivity contribution in [2.75, 3.05) is 13.2 Å². The molecule has 0 fully saturated rings. The first-order valence-electron chi connectivity index (χ1n) is 22.3. The largest absolute Gasteiger partial charge is 0.469 e. The number of aliphatic hydroxyl groups excluding tert-OH is 1. The van der Waals surface area contributed by atoms with Crippen molar-refractivity contribution in [3.05, 3.63) is 72.9 Å². The van der Waals surface area contributed by atoms with Crippen LogP contribution < -0.4 is 0 Å². The minimum Gasteiger partial charge on any atom is -0.462 e. The summed E-state index contributed by atoms with van der Waals surface area (Å²) in [6.45, 7) is 3.44. The molecular weight excluding hydrogens is 739 g/mol. The molecule has 0 aromatic rings. The molecule has 0 aliphatic rings. The molecule has 0 radical (unpaired) electrons. The first-order valence-corrected chi connectivity index (χ1v) is 23.9. The summed E-state index contributed by atoms with van der Waals surface area (Å²) >= 11 is 0. The lowest BCUT2D eigenvalue weighted by Gasteiger charge is -2.18. The summed E-state index contributed by atoms with van der Waals surface area (Å²) in [5.41, 5.74) is 0. The summed E-state index contributed by atoms with van der Waals surface area (Å²) in [6.07, 6.45) is 50.9. The van der Waals surface area contributed by atoms with Crippen molar-refractivity contribution in [3.63, 3.8) is 0 Å². The van der Waals surface area contributed by atoms with Crippen LogP contribution in [0.4, 0.5) is 0 Å². The van der Waals surface area contributed by atoms with Crippen molar-refractivity contribution in [2.45, 2.75) is 199 Å². The average molecular weight is 821 g/mol. The monoisotopic (exact) mass is 821 g/mol. The molecule has 0 heterocycles. The topological polar surface area (TPSA) is 140 Å². The standard InChI is InChI=1S/C47H81O9P/c1-3-5-7-9-11-13-15-17-18-19-20-21-22-24-26-28-30-32-36-40-46(49)54-42-45(43-55-57(51,52)53)56-47(50)41-37-33-35-39-44(48)38-34-31-29-27-25-23-16-14-12-10-8-6-4-2/h6,8,12,14,23,25,29,31,33-35,38,44-45,48H,3-5,7,9-11,13,15-22,24,26-28,30,32,36-37,39-43H2,1-2H3,(H2,51,52,53)/b8-6-,14-12-,25-23-,31-29-,35-33-,38-34-/t44?,45-/m1/s1. The number of allylic oxidation sites excluding steroid dienone is 10. The fraction of sp³-hybridized carbons (Fsp3) is 0.702. The van der Waals surface area contributed by atoms with Gasteiger partial charge in [-0.25, -0.2) is 4.57 Å². The Kier molecular flexibility index (Phi) is 39.7. The zero-order chi connectivity index (χ0) is 41.9. The normalized spacial score (nSPS) is 13.7. The van der Waals surface area contributed by atoms with Crippen LogP contribution in [0.2, 0.25) is 0 Å². The van der Waals surface area contributed by atoms with Crippen LogP contribution in [0.5, 0.6) is 0 Å². The summed E-state index contributed by atoms with van der Waals surface area (Å²) in [5, 5.41) is 10.2. The Hall–Kier alpha value is -2.55. The predicted molar refractivity (Wildman–Crippen MR) is 236 cm³/mol. The fourth-order valence-corrected chi connectivity index (χ4v) is 6.37. The Bertz CT molecular complexity index is 1170. The number of hydrogen-bond acceptors (Lipinski definition) is 7. The molecule has 9 nitrogen and oxygen atoms in total. The molecule has 2 atom stereocenters. The van der Waals surface area contributed by atoms with Gasteiger partial charge < -0.3 is 24.4 Å². The first-order chi connectivity index (χ1) is 27.7. The van der Waals surface area contributed by atoms with Gasteiger partial charge in [-0.15, -0.1) is 0 Å². The Balaban J connectivity index is 4.08. The van der Waals surface area contributed by atoms with Gasteiger partial charge in [-0.05, 0) is 44.9 Å². The molecule has 0 saturated carbocycles. The molecule has 328 valence electrons. The van der Waals surface area contributed by atoms with E-state index < -0.39 is 38.6 Å². The van der Waals surface area contributed by atoms with Gasteiger partial charge in [0.2, 0.25) is 0 Å². The molecule has 10 heteroatoms. The molecular formula is C47H81O9P. The second-order valence-electron chi connectivity index (χ2n) is 14.9. The van der Waals surface area contributed by atoms with Crippen molar-refractivity contribution in [3.8, 4) is 0 Å². The lowest BCUT2D eigenvalue weighted by Crippen LogP contribution is -2.29. The van der Waals surface area contributed by atoms with E-state index in [2.05, 4.69) is 54.8 Å². The number of hydrogen-bond donors (Lipinski definition) is 3. The third-order valence-electron chi connectivity index (χ3n) is 9.33. The SMILES string of the molecule is CC/C=C\C/C=C\C/C=C\C/C=C\C=C/C(O)C/C=C\CCC(=O)O[C@H](COC(=O)CCCCCCCCCCCCCCCCCCCCC)COP(=O)(O)O. The molecule has 0 aromatic carbocycles. The zero-order valence-electron chi connectivity index (χ0n) is 35.8. The molecule has 0 spiro atoms. The van der Waals surface area contributed by atoms with Gasteiger partial charge in [0.1, 0.15) is 6.61 Å². The molecule has 0 saturated heterocycles. The van der Waals surface area contributed by atoms with E-state index in [-0.39, 0.29) is 19.4 Å². The number of esters is 2. The summed E-state index contributed by atoms with van der Waals surface area (Å²) in [5.74, 6) is -1.06. The number of carbonyl (C=O) groups excluding carboxylic acids is 2. The highest BCUT2D eigenvalue weighted by Crippen LogP contribution is 2.36. The highest BCUT2D eigenvalue weighted by Gasteiger charge is 2.22. The number of unbranched alkanes of at least 4 members (excludes halogenated alkanes) is 18. The molecule has 0 aromatic heterocycles. The average Bonchev–Trinajstić information content (AvgIpc) is 3.18. The van der Waals surface area contributed by atoms with Crippen LogP contribution in [0, 0.1) is 0 Å². The second kappa shape index (κ2) is 41.6. The van der Waals surface area contributed by atoms with Crippen molar-refractivity contribution in [1.29, 1.82) is 0 Å². The summed E-state index contributed by atoms with van der Waals surface area (Å²) in [6, 6.07) is 0. The third kappa shape index (κ3) is 44.4. The van der Waals surface area contributed by atoms with Gasteiger partial charge >= 0.3 is 19.8 Å². The number of rotatable bonds is 40. The fourth-order valence-electron chi connectivity index (χ4n) is 6.01. The molecule has 1 unspecified atom stereocenters. The third-order valence-corrected chi connectivity index (χ3v) is 9.82. The highest BCUT2D eigenvalue weighted by atomic mass is 31.2. The zero-order valence-corrected chi connectivity index (χ0v) is 36.7. The van der Waals surface area contributed by atoms with Crippen molar-refractivity contribution in [1.82, 2.24) is 0 Å². The van der Waals surface area contributed by atoms with E-state index in [0.29, 0.717) is 19.3 Å². The van der Waals surface area contributed by atoms with Crippen molar-refractivity contribution in [2.24, 2.45) is 0 Å². The maximum atomic E-state index is 12.4. The molecule has 0 aliphatic heterocycles. The second-order valence-corrected chi connectivity index (χ2v) is 16.1. The molecule has 3 N–H and O–H groups in total. The van der Waals surface area contributed by atoms with E-state index >= 15 is 0 Å². The predicted octanol–water partition coefficient (Wildman–Crippen LogP) is 12.8. The number of carbonyl (C=O) groups is 2. The van der Waals surface area contributed by atoms with Crippen LogP contribution in [-0.4, -0.2) is 52.3 Å². The maximum Gasteiger partial charge on any atom is 0.469 e. The van der Waals surface area contributed by atoms with Crippen molar-refractivity contribution < 1.29 is 43.0 Å². The Morgan fingerprint density at radius 1 is 0.561 bits per heavy atom. The number of phosphoric acid groups is 1. The Labute approximate surface area is 347 Å². The van der Waals surface area contributed by atoms with Gasteiger partial charge in [-0.2, -0.15) is 0 Å². The Morgan fingerprint density at radius 3 is 1.56 bits per heavy atom. The first kappa shape index (κ1) is 54.5. The molecule has 0 aliphatic carbocycles. The van der Waals surface area contributed by atoms with E-state index in [0.717, 1.165) is 44.9 Å². The number of ether oxygens (including phenoxy) is 2. The number of aliphatic hydroxyl groups is 1. The maximum absolute atomic E-state index is 12.4. The van der Waals surface area contributed by atoms with E-state index in [1.807, 2.05) is 12.2 Å². The van der Waals surface area contributed by atoms with Crippen LogP contribution in [0.15, 0.2) is 72.9 Å². The molecule has 57 heavy (non-hydrogen) atoms. The molecule has 0 bridgehead atoms. The molecule has 0 amide bonds. The summed E-state index contributed by atoms with van der Waals surface area (Å²) < 4.78 is 26.3. The Morgan fingerprint density at radius 2 is 1.05 bits per heavy atom. The molecule has 0 rings (SSSR count). The van der Waals surface area contributed by atoms with Crippen LogP contribution in [-0.2, 0) is 28.2 Å². The van der Waals surface area contributed by atoms with Gasteiger partial charge in [-0.3, -0.25) is 14.1 Å². The van der Waals surface area contributed by atoms with Gasteiger partial charge in [-0.1, -0.05) is 202 Å². The van der Waals surface area contributed by atoms with Crippen LogP contribution >= 0.6 is 7.82 Å². The number of phosphoric ester groups is 1. The highest BCUT2D eigenvalue weighted by molar-refractivity contribution is 7.46. The van der Waals surface area contributed by atoms with Gasteiger partial charge in [0.15, 0.2) is 6.10 Å². The van der Waals surface area contributed by atoms with Gasteiger partial charge in [0, 0.05) is 12.8 Å². The van der Waals surface area contributed by atoms with Crippen LogP contribution in [0.25, 0.3) is 0 Å². The van der Waals surface area contributed by atoms with E-state index in [1.165, 1.54) is 96.3 Å².